The second kappa shape index (κ2) is 12.6. The van der Waals surface area contributed by atoms with E-state index in [9.17, 15) is 10.1 Å². The fourth-order valence-corrected chi connectivity index (χ4v) is 2.79. The Morgan fingerprint density at radius 2 is 1.29 bits per heavy atom. The van der Waals surface area contributed by atoms with Crippen LogP contribution in [0.5, 0.6) is 5.75 Å². The normalized spacial score (nSPS) is 11.0. The molecule has 6 heteroatoms. The molecule has 0 saturated carbocycles. The first-order valence-corrected chi connectivity index (χ1v) is 10.1. The van der Waals surface area contributed by atoms with Crippen molar-refractivity contribution >= 4 is 17.1 Å². The smallest absolute Gasteiger partial charge is 0.269 e. The molecule has 0 heterocycles. The van der Waals surface area contributed by atoms with Gasteiger partial charge in [-0.1, -0.05) is 51.9 Å². The summed E-state index contributed by atoms with van der Waals surface area (Å²) >= 11 is 0. The molecule has 2 rings (SSSR count). The van der Waals surface area contributed by atoms with Gasteiger partial charge in [0.2, 0.25) is 0 Å². The lowest BCUT2D eigenvalue weighted by Crippen LogP contribution is -1.96. The number of non-ortho nitro benzene ring substituents is 1. The van der Waals surface area contributed by atoms with Crippen LogP contribution in [0.15, 0.2) is 58.8 Å². The van der Waals surface area contributed by atoms with Gasteiger partial charge in [-0.2, -0.15) is 10.2 Å². The molecular weight excluding hydrogens is 354 g/mol. The van der Waals surface area contributed by atoms with E-state index in [4.69, 9.17) is 4.74 Å². The van der Waals surface area contributed by atoms with Gasteiger partial charge in [-0.3, -0.25) is 10.1 Å². The summed E-state index contributed by atoms with van der Waals surface area (Å²) in [5.74, 6) is 0.831. The summed E-state index contributed by atoms with van der Waals surface area (Å²) in [6.07, 6.45) is 10.3. The molecule has 0 atom stereocenters. The fourth-order valence-electron chi connectivity index (χ4n) is 2.79. The molecule has 0 saturated heterocycles. The van der Waals surface area contributed by atoms with Crippen LogP contribution in [0.3, 0.4) is 0 Å². The topological polar surface area (TPSA) is 77.1 Å². The highest BCUT2D eigenvalue weighted by Gasteiger charge is 2.03. The fraction of sp³-hybridized carbons (Fsp3) is 0.455. The first-order chi connectivity index (χ1) is 13.7. The number of rotatable bonds is 13. The highest BCUT2D eigenvalue weighted by atomic mass is 16.6. The zero-order chi connectivity index (χ0) is 20.0. The number of nitro benzene ring substituents is 1. The second-order valence-electron chi connectivity index (χ2n) is 6.79. The number of azo groups is 1. The van der Waals surface area contributed by atoms with Gasteiger partial charge in [0, 0.05) is 12.1 Å². The van der Waals surface area contributed by atoms with Crippen molar-refractivity contribution in [2.75, 3.05) is 6.61 Å². The Bertz CT molecular complexity index is 728. The maximum atomic E-state index is 10.6. The van der Waals surface area contributed by atoms with Gasteiger partial charge in [-0.05, 0) is 42.8 Å². The average Bonchev–Trinajstić information content (AvgIpc) is 2.72. The van der Waals surface area contributed by atoms with E-state index in [0.29, 0.717) is 11.4 Å². The number of benzene rings is 2. The number of nitro groups is 1. The summed E-state index contributed by atoms with van der Waals surface area (Å²) in [5, 5.41) is 18.9. The lowest BCUT2D eigenvalue weighted by atomic mass is 10.1. The molecule has 0 aliphatic carbocycles. The molecule has 28 heavy (non-hydrogen) atoms. The van der Waals surface area contributed by atoms with Crippen molar-refractivity contribution < 1.29 is 9.66 Å². The van der Waals surface area contributed by atoms with Crippen molar-refractivity contribution in [3.8, 4) is 5.75 Å². The Morgan fingerprint density at radius 3 is 1.82 bits per heavy atom. The Labute approximate surface area is 166 Å². The summed E-state index contributed by atoms with van der Waals surface area (Å²) < 4.78 is 5.77. The predicted molar refractivity (Wildman–Crippen MR) is 112 cm³/mol. The van der Waals surface area contributed by atoms with Gasteiger partial charge in [0.05, 0.1) is 22.9 Å². The molecule has 0 aromatic heterocycles. The Morgan fingerprint density at radius 1 is 0.786 bits per heavy atom. The summed E-state index contributed by atoms with van der Waals surface area (Å²) in [6.45, 7) is 2.98. The lowest BCUT2D eigenvalue weighted by molar-refractivity contribution is -0.384. The van der Waals surface area contributed by atoms with Crippen LogP contribution >= 0.6 is 0 Å². The van der Waals surface area contributed by atoms with Crippen molar-refractivity contribution in [1.82, 2.24) is 0 Å². The molecule has 0 fully saturated rings. The van der Waals surface area contributed by atoms with Gasteiger partial charge in [0.15, 0.2) is 0 Å². The number of hydrogen-bond donors (Lipinski definition) is 0. The number of nitrogens with zero attached hydrogens (tertiary/aromatic N) is 3. The molecule has 0 amide bonds. The molecule has 0 aliphatic heterocycles. The molecular formula is C22H29N3O3. The minimum Gasteiger partial charge on any atom is -0.494 e. The number of ether oxygens (including phenoxy) is 1. The van der Waals surface area contributed by atoms with Gasteiger partial charge in [0.25, 0.3) is 5.69 Å². The average molecular weight is 383 g/mol. The van der Waals surface area contributed by atoms with E-state index in [0.717, 1.165) is 18.8 Å². The van der Waals surface area contributed by atoms with E-state index in [-0.39, 0.29) is 5.69 Å². The quantitative estimate of drug-likeness (QED) is 0.155. The summed E-state index contributed by atoms with van der Waals surface area (Å²) in [5.41, 5.74) is 1.32. The maximum absolute atomic E-state index is 10.6. The molecule has 0 unspecified atom stereocenters. The SMILES string of the molecule is CCCCCCCCCCOc1ccc(N=Nc2ccc([N+](=O)[O-])cc2)cc1. The van der Waals surface area contributed by atoms with E-state index >= 15 is 0 Å². The Kier molecular flexibility index (Phi) is 9.69. The molecule has 0 radical (unpaired) electrons. The van der Waals surface area contributed by atoms with Gasteiger partial charge in [0.1, 0.15) is 5.75 Å². The van der Waals surface area contributed by atoms with E-state index in [1.807, 2.05) is 24.3 Å². The summed E-state index contributed by atoms with van der Waals surface area (Å²) in [6, 6.07) is 13.4. The minimum absolute atomic E-state index is 0.0388. The molecule has 2 aromatic carbocycles. The van der Waals surface area contributed by atoms with Crippen LogP contribution in [-0.4, -0.2) is 11.5 Å². The predicted octanol–water partition coefficient (Wildman–Crippen LogP) is 7.53. The van der Waals surface area contributed by atoms with Gasteiger partial charge in [-0.15, -0.1) is 0 Å². The van der Waals surface area contributed by atoms with E-state index < -0.39 is 4.92 Å². The first-order valence-electron chi connectivity index (χ1n) is 10.1. The van der Waals surface area contributed by atoms with Crippen LogP contribution in [0.1, 0.15) is 58.3 Å². The van der Waals surface area contributed by atoms with Gasteiger partial charge < -0.3 is 4.74 Å². The number of hydrogen-bond acceptors (Lipinski definition) is 5. The van der Waals surface area contributed by atoms with Gasteiger partial charge in [-0.25, -0.2) is 0 Å². The third-order valence-electron chi connectivity index (χ3n) is 4.44. The maximum Gasteiger partial charge on any atom is 0.269 e. The molecule has 2 aromatic rings. The third-order valence-corrected chi connectivity index (χ3v) is 4.44. The van der Waals surface area contributed by atoms with Crippen LogP contribution in [0.4, 0.5) is 17.1 Å². The monoisotopic (exact) mass is 383 g/mol. The van der Waals surface area contributed by atoms with E-state index in [2.05, 4.69) is 17.2 Å². The van der Waals surface area contributed by atoms with Crippen molar-refractivity contribution in [2.45, 2.75) is 58.3 Å². The zero-order valence-electron chi connectivity index (χ0n) is 16.5. The summed E-state index contributed by atoms with van der Waals surface area (Å²) in [7, 11) is 0. The van der Waals surface area contributed by atoms with Crippen LogP contribution < -0.4 is 4.74 Å². The van der Waals surface area contributed by atoms with Crippen molar-refractivity contribution in [3.63, 3.8) is 0 Å². The standard InChI is InChI=1S/C22H29N3O3/c1-2-3-4-5-6-7-8-9-18-28-22-16-12-20(13-17-22)24-23-19-10-14-21(15-11-19)25(26)27/h10-17H,2-9,18H2,1H3. The third kappa shape index (κ3) is 8.29. The van der Waals surface area contributed by atoms with Crippen LogP contribution in [0.2, 0.25) is 0 Å². The summed E-state index contributed by atoms with van der Waals surface area (Å²) in [4.78, 5) is 10.2. The highest BCUT2D eigenvalue weighted by molar-refractivity contribution is 5.45. The number of unbranched alkanes of at least 4 members (excludes halogenated alkanes) is 7. The molecule has 150 valence electrons. The van der Waals surface area contributed by atoms with E-state index in [1.54, 1.807) is 12.1 Å². The molecule has 0 spiro atoms. The Balaban J connectivity index is 1.66. The first kappa shape index (κ1) is 21.5. The molecule has 0 aliphatic rings. The highest BCUT2D eigenvalue weighted by Crippen LogP contribution is 2.23. The molecule has 0 bridgehead atoms. The van der Waals surface area contributed by atoms with Crippen molar-refractivity contribution in [2.24, 2.45) is 10.2 Å². The minimum atomic E-state index is -0.437. The zero-order valence-corrected chi connectivity index (χ0v) is 16.5. The van der Waals surface area contributed by atoms with Crippen LogP contribution in [-0.2, 0) is 0 Å². The largest absolute Gasteiger partial charge is 0.494 e. The van der Waals surface area contributed by atoms with Crippen LogP contribution in [0, 0.1) is 10.1 Å². The van der Waals surface area contributed by atoms with Crippen molar-refractivity contribution in [3.05, 3.63) is 58.6 Å². The van der Waals surface area contributed by atoms with Crippen molar-refractivity contribution in [1.29, 1.82) is 0 Å². The molecule has 6 nitrogen and oxygen atoms in total. The second-order valence-corrected chi connectivity index (χ2v) is 6.79. The van der Waals surface area contributed by atoms with E-state index in [1.165, 1.54) is 57.1 Å². The van der Waals surface area contributed by atoms with Gasteiger partial charge >= 0.3 is 0 Å². The lowest BCUT2D eigenvalue weighted by Gasteiger charge is -2.06. The molecule has 0 N–H and O–H groups in total. The van der Waals surface area contributed by atoms with Crippen LogP contribution in [0.25, 0.3) is 0 Å². The Hall–Kier alpha value is -2.76.